The van der Waals surface area contributed by atoms with Crippen molar-refractivity contribution < 1.29 is 9.50 Å². The van der Waals surface area contributed by atoms with E-state index >= 15 is 0 Å². The number of rotatable bonds is 3. The van der Waals surface area contributed by atoms with Crippen LogP contribution in [0.15, 0.2) is 24.3 Å². The van der Waals surface area contributed by atoms with Crippen molar-refractivity contribution >= 4 is 11.6 Å². The lowest BCUT2D eigenvalue weighted by molar-refractivity contribution is 0.297. The summed E-state index contributed by atoms with van der Waals surface area (Å²) in [6, 6.07) is 5.93. The van der Waals surface area contributed by atoms with Gasteiger partial charge in [0.05, 0.1) is 6.61 Å². The Morgan fingerprint density at radius 3 is 2.62 bits per heavy atom. The van der Waals surface area contributed by atoms with E-state index in [1.807, 2.05) is 0 Å². The third-order valence-electron chi connectivity index (χ3n) is 2.17. The van der Waals surface area contributed by atoms with E-state index < -0.39 is 0 Å². The minimum absolute atomic E-state index is 0.00665. The maximum Gasteiger partial charge on any atom is 0.134 e. The Bertz CT molecular complexity index is 481. The van der Waals surface area contributed by atoms with Gasteiger partial charge in [-0.15, -0.1) is 0 Å². The van der Waals surface area contributed by atoms with Gasteiger partial charge in [0.25, 0.3) is 0 Å². The molecule has 1 aromatic carbocycles. The summed E-state index contributed by atoms with van der Waals surface area (Å²) in [7, 11) is 0. The summed E-state index contributed by atoms with van der Waals surface area (Å²) in [5.74, 6) is 0.317. The zero-order valence-electron chi connectivity index (χ0n) is 8.37. The number of nitrogens with zero attached hydrogens (tertiary/aromatic N) is 1. The minimum Gasteiger partial charge on any atom is -0.396 e. The predicted octanol–water partition coefficient (Wildman–Crippen LogP) is 2.40. The van der Waals surface area contributed by atoms with E-state index in [0.29, 0.717) is 23.1 Å². The van der Waals surface area contributed by atoms with Crippen molar-refractivity contribution in [3.63, 3.8) is 0 Å². The van der Waals surface area contributed by atoms with Crippen LogP contribution in [0, 0.1) is 5.82 Å². The number of imidazole rings is 1. The Labute approximate surface area is 96.9 Å². The van der Waals surface area contributed by atoms with Crippen LogP contribution in [0.25, 0.3) is 11.3 Å². The Hall–Kier alpha value is -1.39. The molecule has 0 saturated heterocycles. The van der Waals surface area contributed by atoms with Crippen LogP contribution in [0.4, 0.5) is 4.39 Å². The molecule has 0 bridgehead atoms. The molecule has 0 saturated carbocycles. The van der Waals surface area contributed by atoms with Crippen LogP contribution >= 0.6 is 11.6 Å². The van der Waals surface area contributed by atoms with E-state index in [0.717, 1.165) is 5.56 Å². The second kappa shape index (κ2) is 4.63. The van der Waals surface area contributed by atoms with Crippen LogP contribution in [0.2, 0.25) is 5.15 Å². The fraction of sp³-hybridized carbons (Fsp3) is 0.182. The van der Waals surface area contributed by atoms with Crippen molar-refractivity contribution in [1.82, 2.24) is 9.97 Å². The second-order valence-corrected chi connectivity index (χ2v) is 3.70. The van der Waals surface area contributed by atoms with E-state index in [2.05, 4.69) is 9.97 Å². The van der Waals surface area contributed by atoms with Crippen molar-refractivity contribution in [3.8, 4) is 11.3 Å². The molecule has 0 aliphatic heterocycles. The highest BCUT2D eigenvalue weighted by Gasteiger charge is 2.10. The van der Waals surface area contributed by atoms with Gasteiger partial charge in [-0.05, 0) is 24.3 Å². The summed E-state index contributed by atoms with van der Waals surface area (Å²) >= 11 is 5.96. The van der Waals surface area contributed by atoms with Gasteiger partial charge in [0, 0.05) is 12.0 Å². The SMILES string of the molecule is OCCc1nc(-c2ccc(F)cc2)c(Cl)[nH]1. The summed E-state index contributed by atoms with van der Waals surface area (Å²) in [4.78, 5) is 7.09. The molecule has 0 unspecified atom stereocenters. The molecule has 5 heteroatoms. The van der Waals surface area contributed by atoms with Crippen LogP contribution in [0.1, 0.15) is 5.82 Å². The number of aliphatic hydroxyl groups is 1. The van der Waals surface area contributed by atoms with Crippen molar-refractivity contribution in [1.29, 1.82) is 0 Å². The van der Waals surface area contributed by atoms with Gasteiger partial charge in [0.1, 0.15) is 22.5 Å². The summed E-state index contributed by atoms with van der Waals surface area (Å²) in [6.45, 7) is 0.00665. The molecule has 84 valence electrons. The number of nitrogens with one attached hydrogen (secondary N) is 1. The van der Waals surface area contributed by atoms with E-state index in [1.165, 1.54) is 12.1 Å². The fourth-order valence-corrected chi connectivity index (χ4v) is 1.68. The van der Waals surface area contributed by atoms with Crippen LogP contribution in [-0.2, 0) is 6.42 Å². The van der Waals surface area contributed by atoms with Gasteiger partial charge in [-0.1, -0.05) is 11.6 Å². The number of H-pyrrole nitrogens is 1. The summed E-state index contributed by atoms with van der Waals surface area (Å²) in [5.41, 5.74) is 1.32. The van der Waals surface area contributed by atoms with E-state index in [4.69, 9.17) is 16.7 Å². The zero-order valence-corrected chi connectivity index (χ0v) is 9.13. The number of aromatic nitrogens is 2. The largest absolute Gasteiger partial charge is 0.396 e. The third kappa shape index (κ3) is 2.23. The smallest absolute Gasteiger partial charge is 0.134 e. The van der Waals surface area contributed by atoms with Gasteiger partial charge >= 0.3 is 0 Å². The number of aliphatic hydroxyl groups excluding tert-OH is 1. The summed E-state index contributed by atoms with van der Waals surface area (Å²) in [6.07, 6.45) is 0.418. The molecular weight excluding hydrogens is 231 g/mol. The molecule has 0 spiro atoms. The van der Waals surface area contributed by atoms with Gasteiger partial charge in [0.2, 0.25) is 0 Å². The van der Waals surface area contributed by atoms with Crippen LogP contribution in [0.5, 0.6) is 0 Å². The molecule has 0 aliphatic carbocycles. The first-order valence-corrected chi connectivity index (χ1v) is 5.19. The fourth-order valence-electron chi connectivity index (χ4n) is 1.42. The van der Waals surface area contributed by atoms with Crippen LogP contribution in [0.3, 0.4) is 0 Å². The number of hydrogen-bond donors (Lipinski definition) is 2. The lowest BCUT2D eigenvalue weighted by atomic mass is 10.2. The molecule has 2 N–H and O–H groups in total. The first-order chi connectivity index (χ1) is 7.70. The minimum atomic E-state index is -0.300. The van der Waals surface area contributed by atoms with E-state index in [1.54, 1.807) is 12.1 Å². The van der Waals surface area contributed by atoms with Crippen molar-refractivity contribution in [2.75, 3.05) is 6.61 Å². The first-order valence-electron chi connectivity index (χ1n) is 4.82. The Morgan fingerprint density at radius 2 is 2.00 bits per heavy atom. The normalized spacial score (nSPS) is 10.7. The summed E-state index contributed by atoms with van der Waals surface area (Å²) in [5, 5.41) is 9.17. The molecule has 16 heavy (non-hydrogen) atoms. The molecule has 0 amide bonds. The molecule has 1 heterocycles. The predicted molar refractivity (Wildman–Crippen MR) is 59.8 cm³/mol. The Kier molecular flexibility index (Phi) is 3.22. The standard InChI is InChI=1S/C11H10ClFN2O/c12-11-10(14-9(15-11)5-6-16)7-1-3-8(13)4-2-7/h1-4,16H,5-6H2,(H,14,15). The van der Waals surface area contributed by atoms with Crippen LogP contribution < -0.4 is 0 Å². The van der Waals surface area contributed by atoms with Crippen LogP contribution in [-0.4, -0.2) is 21.7 Å². The van der Waals surface area contributed by atoms with Crippen molar-refractivity contribution in [3.05, 3.63) is 41.1 Å². The van der Waals surface area contributed by atoms with Crippen molar-refractivity contribution in [2.45, 2.75) is 6.42 Å². The number of hydrogen-bond acceptors (Lipinski definition) is 2. The summed E-state index contributed by atoms with van der Waals surface area (Å²) < 4.78 is 12.7. The average Bonchev–Trinajstić information content (AvgIpc) is 2.61. The average molecular weight is 241 g/mol. The van der Waals surface area contributed by atoms with Gasteiger partial charge in [-0.25, -0.2) is 9.37 Å². The highest BCUT2D eigenvalue weighted by atomic mass is 35.5. The number of benzene rings is 1. The zero-order chi connectivity index (χ0) is 11.5. The molecule has 0 radical (unpaired) electrons. The number of halogens is 2. The Morgan fingerprint density at radius 1 is 1.31 bits per heavy atom. The van der Waals surface area contributed by atoms with E-state index in [9.17, 15) is 4.39 Å². The molecule has 0 fully saturated rings. The Balaban J connectivity index is 2.36. The van der Waals surface area contributed by atoms with Gasteiger partial charge < -0.3 is 10.1 Å². The maximum atomic E-state index is 12.7. The lowest BCUT2D eigenvalue weighted by Gasteiger charge is -1.96. The molecular formula is C11H10ClFN2O. The molecule has 1 aromatic heterocycles. The molecule has 2 aromatic rings. The molecule has 0 aliphatic rings. The quantitative estimate of drug-likeness (QED) is 0.866. The topological polar surface area (TPSA) is 48.9 Å². The lowest BCUT2D eigenvalue weighted by Crippen LogP contribution is -1.92. The maximum absolute atomic E-state index is 12.7. The van der Waals surface area contributed by atoms with Crippen molar-refractivity contribution in [2.24, 2.45) is 0 Å². The highest BCUT2D eigenvalue weighted by molar-refractivity contribution is 6.31. The van der Waals surface area contributed by atoms with Gasteiger partial charge in [0.15, 0.2) is 0 Å². The van der Waals surface area contributed by atoms with Gasteiger partial charge in [-0.3, -0.25) is 0 Å². The second-order valence-electron chi connectivity index (χ2n) is 3.33. The highest BCUT2D eigenvalue weighted by Crippen LogP contribution is 2.25. The molecule has 3 nitrogen and oxygen atoms in total. The monoisotopic (exact) mass is 240 g/mol. The van der Waals surface area contributed by atoms with E-state index in [-0.39, 0.29) is 12.4 Å². The molecule has 2 rings (SSSR count). The molecule has 0 atom stereocenters. The first kappa shape index (κ1) is 11.1. The van der Waals surface area contributed by atoms with Gasteiger partial charge in [-0.2, -0.15) is 0 Å². The third-order valence-corrected chi connectivity index (χ3v) is 2.45. The number of aromatic amines is 1.